The van der Waals surface area contributed by atoms with Crippen molar-refractivity contribution in [2.75, 3.05) is 0 Å². The molecule has 1 saturated carbocycles. The highest BCUT2D eigenvalue weighted by Crippen LogP contribution is 2.45. The Morgan fingerprint density at radius 1 is 1.75 bits per heavy atom. The second-order valence-corrected chi connectivity index (χ2v) is 3.94. The van der Waals surface area contributed by atoms with E-state index in [1.54, 1.807) is 6.92 Å². The number of hydrogen-bond donors (Lipinski definition) is 0. The number of Topliss-reactive ketones (excluding diaryl/α,β-unsaturated/α-hetero) is 1. The summed E-state index contributed by atoms with van der Waals surface area (Å²) in [6.45, 7) is 3.66. The molecule has 1 rings (SSSR count). The van der Waals surface area contributed by atoms with E-state index in [1.807, 2.05) is 0 Å². The molecule has 12 heavy (non-hydrogen) atoms. The van der Waals surface area contributed by atoms with E-state index >= 15 is 0 Å². The predicted octanol–water partition coefficient (Wildman–Crippen LogP) is 2.30. The van der Waals surface area contributed by atoms with E-state index in [1.165, 1.54) is 0 Å². The van der Waals surface area contributed by atoms with Gasteiger partial charge < -0.3 is 0 Å². The van der Waals surface area contributed by atoms with Crippen molar-refractivity contribution in [3.8, 4) is 6.07 Å². The molecule has 2 unspecified atom stereocenters. The maximum absolute atomic E-state index is 11.0. The molecule has 1 aliphatic rings. The quantitative estimate of drug-likeness (QED) is 0.630. The molecule has 0 N–H and O–H groups in total. The lowest BCUT2D eigenvalue weighted by Gasteiger charge is -2.24. The molecule has 0 spiro atoms. The van der Waals surface area contributed by atoms with E-state index in [4.69, 9.17) is 5.26 Å². The normalized spacial score (nSPS) is 34.6. The van der Waals surface area contributed by atoms with Crippen molar-refractivity contribution in [3.63, 3.8) is 0 Å². The molecule has 0 aliphatic heterocycles. The van der Waals surface area contributed by atoms with Crippen LogP contribution in [0.4, 0.5) is 0 Å². The minimum atomic E-state index is -0.328. The van der Waals surface area contributed by atoms with Gasteiger partial charge in [-0.3, -0.25) is 4.79 Å². The number of rotatable bonds is 2. The maximum Gasteiger partial charge on any atom is 0.131 e. The van der Waals surface area contributed by atoms with Gasteiger partial charge >= 0.3 is 0 Å². The van der Waals surface area contributed by atoms with Gasteiger partial charge in [-0.15, -0.1) is 0 Å². The third-order valence-corrected chi connectivity index (χ3v) is 2.99. The van der Waals surface area contributed by atoms with Crippen LogP contribution in [0, 0.1) is 22.7 Å². The molecule has 2 heteroatoms. The van der Waals surface area contributed by atoms with E-state index in [-0.39, 0.29) is 11.2 Å². The first kappa shape index (κ1) is 9.25. The molecule has 2 atom stereocenters. The van der Waals surface area contributed by atoms with Crippen LogP contribution in [0.25, 0.3) is 0 Å². The van der Waals surface area contributed by atoms with Gasteiger partial charge in [-0.05, 0) is 25.7 Å². The number of carbonyl (C=O) groups is 1. The van der Waals surface area contributed by atoms with Crippen molar-refractivity contribution >= 4 is 5.78 Å². The summed E-state index contributed by atoms with van der Waals surface area (Å²) in [5.41, 5.74) is -0.328. The fraction of sp³-hybridized carbons (Fsp3) is 0.800. The van der Waals surface area contributed by atoms with Crippen LogP contribution in [0.5, 0.6) is 0 Å². The number of ketones is 1. The summed E-state index contributed by atoms with van der Waals surface area (Å²) < 4.78 is 0. The Kier molecular flexibility index (Phi) is 2.52. The second kappa shape index (κ2) is 3.26. The zero-order valence-electron chi connectivity index (χ0n) is 7.76. The largest absolute Gasteiger partial charge is 0.300 e. The highest BCUT2D eigenvalue weighted by Gasteiger charge is 2.41. The van der Waals surface area contributed by atoms with Crippen molar-refractivity contribution in [1.29, 1.82) is 5.26 Å². The number of nitriles is 1. The number of carbonyl (C=O) groups excluding carboxylic acids is 1. The molecule has 1 aliphatic carbocycles. The Balaban J connectivity index is 2.76. The van der Waals surface area contributed by atoms with E-state index in [2.05, 4.69) is 13.0 Å². The van der Waals surface area contributed by atoms with Crippen molar-refractivity contribution in [2.45, 2.75) is 39.5 Å². The van der Waals surface area contributed by atoms with Crippen molar-refractivity contribution < 1.29 is 4.79 Å². The molecule has 0 saturated heterocycles. The predicted molar refractivity (Wildman–Crippen MR) is 46.4 cm³/mol. The molecule has 0 aromatic carbocycles. The Hall–Kier alpha value is -0.840. The lowest BCUT2D eigenvalue weighted by molar-refractivity contribution is -0.118. The van der Waals surface area contributed by atoms with E-state index < -0.39 is 0 Å². The monoisotopic (exact) mass is 165 g/mol. The SMILES string of the molecule is CC(=O)CC1(C#N)CCCC1C. The standard InChI is InChI=1S/C10H15NO/c1-8-4-3-5-10(8,7-11)6-9(2)12/h8H,3-6H2,1-2H3. The number of nitrogens with zero attached hydrogens (tertiary/aromatic N) is 1. The Bertz CT molecular complexity index is 228. The zero-order valence-corrected chi connectivity index (χ0v) is 7.76. The van der Waals surface area contributed by atoms with Crippen LogP contribution in [-0.2, 0) is 4.79 Å². The second-order valence-electron chi connectivity index (χ2n) is 3.94. The summed E-state index contributed by atoms with van der Waals surface area (Å²) in [6.07, 6.45) is 3.55. The summed E-state index contributed by atoms with van der Waals surface area (Å²) in [5.74, 6) is 0.539. The van der Waals surface area contributed by atoms with E-state index in [0.717, 1.165) is 19.3 Å². The van der Waals surface area contributed by atoms with Gasteiger partial charge in [0.15, 0.2) is 0 Å². The Morgan fingerprint density at radius 3 is 2.75 bits per heavy atom. The molecule has 0 amide bonds. The molecule has 0 radical (unpaired) electrons. The van der Waals surface area contributed by atoms with Gasteiger partial charge in [0.1, 0.15) is 5.78 Å². The summed E-state index contributed by atoms with van der Waals surface area (Å²) in [7, 11) is 0. The minimum Gasteiger partial charge on any atom is -0.300 e. The maximum atomic E-state index is 11.0. The topological polar surface area (TPSA) is 40.9 Å². The van der Waals surface area contributed by atoms with E-state index in [9.17, 15) is 4.79 Å². The van der Waals surface area contributed by atoms with Gasteiger partial charge in [0.2, 0.25) is 0 Å². The van der Waals surface area contributed by atoms with Crippen LogP contribution in [0.15, 0.2) is 0 Å². The van der Waals surface area contributed by atoms with Crippen LogP contribution in [0.1, 0.15) is 39.5 Å². The van der Waals surface area contributed by atoms with Crippen LogP contribution in [0.2, 0.25) is 0 Å². The zero-order chi connectivity index (χ0) is 9.19. The molecule has 2 nitrogen and oxygen atoms in total. The van der Waals surface area contributed by atoms with Crippen molar-refractivity contribution in [2.24, 2.45) is 11.3 Å². The highest BCUT2D eigenvalue weighted by molar-refractivity contribution is 5.76. The van der Waals surface area contributed by atoms with Gasteiger partial charge in [0.05, 0.1) is 11.5 Å². The smallest absolute Gasteiger partial charge is 0.131 e. The van der Waals surface area contributed by atoms with Gasteiger partial charge in [-0.1, -0.05) is 13.3 Å². The molecule has 0 bridgehead atoms. The first-order chi connectivity index (χ1) is 5.60. The van der Waals surface area contributed by atoms with Gasteiger partial charge in [0.25, 0.3) is 0 Å². The van der Waals surface area contributed by atoms with Crippen molar-refractivity contribution in [3.05, 3.63) is 0 Å². The molecule has 66 valence electrons. The third kappa shape index (κ3) is 1.50. The molecule has 0 heterocycles. The van der Waals surface area contributed by atoms with Crippen LogP contribution < -0.4 is 0 Å². The Labute approximate surface area is 73.6 Å². The molecular weight excluding hydrogens is 150 g/mol. The van der Waals surface area contributed by atoms with Crippen LogP contribution in [0.3, 0.4) is 0 Å². The third-order valence-electron chi connectivity index (χ3n) is 2.99. The fourth-order valence-electron chi connectivity index (χ4n) is 2.16. The first-order valence-electron chi connectivity index (χ1n) is 4.51. The summed E-state index contributed by atoms with van der Waals surface area (Å²) in [5, 5.41) is 9.03. The van der Waals surface area contributed by atoms with Crippen molar-refractivity contribution in [1.82, 2.24) is 0 Å². The fourth-order valence-corrected chi connectivity index (χ4v) is 2.16. The van der Waals surface area contributed by atoms with Gasteiger partial charge in [-0.2, -0.15) is 5.26 Å². The summed E-state index contributed by atoms with van der Waals surface area (Å²) >= 11 is 0. The van der Waals surface area contributed by atoms with E-state index in [0.29, 0.717) is 12.3 Å². The summed E-state index contributed by atoms with van der Waals surface area (Å²) in [6, 6.07) is 2.34. The van der Waals surface area contributed by atoms with Gasteiger partial charge in [0, 0.05) is 6.42 Å². The minimum absolute atomic E-state index is 0.144. The average Bonchev–Trinajstić information content (AvgIpc) is 2.32. The Morgan fingerprint density at radius 2 is 2.42 bits per heavy atom. The van der Waals surface area contributed by atoms with Gasteiger partial charge in [-0.25, -0.2) is 0 Å². The lowest BCUT2D eigenvalue weighted by Crippen LogP contribution is -2.24. The highest BCUT2D eigenvalue weighted by atomic mass is 16.1. The van der Waals surface area contributed by atoms with Crippen LogP contribution in [-0.4, -0.2) is 5.78 Å². The molecule has 0 aromatic heterocycles. The lowest BCUT2D eigenvalue weighted by atomic mass is 9.76. The molecular formula is C10H15NO. The van der Waals surface area contributed by atoms with Crippen LogP contribution >= 0.6 is 0 Å². The first-order valence-corrected chi connectivity index (χ1v) is 4.51. The number of hydrogen-bond acceptors (Lipinski definition) is 2. The molecule has 1 fully saturated rings. The molecule has 0 aromatic rings. The summed E-state index contributed by atoms with van der Waals surface area (Å²) in [4.78, 5) is 11.0. The average molecular weight is 165 g/mol.